The fourth-order valence-corrected chi connectivity index (χ4v) is 2.21. The Kier molecular flexibility index (Phi) is 4.25. The lowest BCUT2D eigenvalue weighted by Crippen LogP contribution is -2.09. The number of benzene rings is 2. The van der Waals surface area contributed by atoms with Crippen molar-refractivity contribution in [2.75, 3.05) is 0 Å². The van der Waals surface area contributed by atoms with E-state index in [0.717, 1.165) is 24.3 Å². The Bertz CT molecular complexity index is 667. The van der Waals surface area contributed by atoms with Crippen molar-refractivity contribution in [3.63, 3.8) is 0 Å². The van der Waals surface area contributed by atoms with Gasteiger partial charge in [-0.3, -0.25) is 0 Å². The number of alkyl halides is 3. The van der Waals surface area contributed by atoms with Crippen LogP contribution in [0, 0.1) is 12.7 Å². The summed E-state index contributed by atoms with van der Waals surface area (Å²) in [4.78, 5) is 0. The molecule has 112 valence electrons. The lowest BCUT2D eigenvalue weighted by Gasteiger charge is -2.17. The van der Waals surface area contributed by atoms with Crippen LogP contribution in [0.1, 0.15) is 28.4 Å². The summed E-state index contributed by atoms with van der Waals surface area (Å²) in [6.45, 7) is 1.43. The lowest BCUT2D eigenvalue weighted by atomic mass is 9.95. The van der Waals surface area contributed by atoms with Gasteiger partial charge in [0, 0.05) is 10.6 Å². The molecular weight excluding hydrogens is 308 g/mol. The molecule has 0 saturated heterocycles. The quantitative estimate of drug-likeness (QED) is 0.782. The summed E-state index contributed by atoms with van der Waals surface area (Å²) in [6, 6.07) is 6.68. The van der Waals surface area contributed by atoms with Crippen molar-refractivity contribution in [3.8, 4) is 0 Å². The van der Waals surface area contributed by atoms with Gasteiger partial charge in [0.2, 0.25) is 0 Å². The zero-order valence-electron chi connectivity index (χ0n) is 10.9. The minimum atomic E-state index is -4.46. The molecule has 0 radical (unpaired) electrons. The van der Waals surface area contributed by atoms with Crippen LogP contribution < -0.4 is 0 Å². The van der Waals surface area contributed by atoms with Crippen molar-refractivity contribution in [3.05, 3.63) is 69.5 Å². The number of aryl methyl sites for hydroxylation is 1. The van der Waals surface area contributed by atoms with Gasteiger partial charge in [0.25, 0.3) is 0 Å². The van der Waals surface area contributed by atoms with Gasteiger partial charge in [-0.25, -0.2) is 4.39 Å². The molecule has 0 fully saturated rings. The van der Waals surface area contributed by atoms with Gasteiger partial charge >= 0.3 is 6.18 Å². The van der Waals surface area contributed by atoms with Crippen molar-refractivity contribution in [1.82, 2.24) is 0 Å². The van der Waals surface area contributed by atoms with E-state index >= 15 is 0 Å². The molecule has 0 aromatic heterocycles. The third-order valence-corrected chi connectivity index (χ3v) is 3.38. The lowest BCUT2D eigenvalue weighted by molar-refractivity contribution is -0.137. The highest BCUT2D eigenvalue weighted by Gasteiger charge is 2.31. The highest BCUT2D eigenvalue weighted by Crippen LogP contribution is 2.33. The number of halogens is 5. The molecule has 1 N–H and O–H groups in total. The Morgan fingerprint density at radius 3 is 2.19 bits per heavy atom. The molecule has 0 bridgehead atoms. The molecule has 21 heavy (non-hydrogen) atoms. The Morgan fingerprint density at radius 1 is 1.05 bits per heavy atom. The van der Waals surface area contributed by atoms with Crippen molar-refractivity contribution in [1.29, 1.82) is 0 Å². The summed E-state index contributed by atoms with van der Waals surface area (Å²) in [5, 5.41) is 10.3. The van der Waals surface area contributed by atoms with Gasteiger partial charge in [0.15, 0.2) is 0 Å². The van der Waals surface area contributed by atoms with Crippen LogP contribution in [0.2, 0.25) is 5.02 Å². The van der Waals surface area contributed by atoms with Gasteiger partial charge < -0.3 is 5.11 Å². The molecular formula is C15H11ClF4O. The minimum Gasteiger partial charge on any atom is -0.384 e. The van der Waals surface area contributed by atoms with E-state index in [9.17, 15) is 22.7 Å². The Morgan fingerprint density at radius 2 is 1.67 bits per heavy atom. The zero-order valence-corrected chi connectivity index (χ0v) is 11.6. The van der Waals surface area contributed by atoms with Crippen LogP contribution in [-0.2, 0) is 6.18 Å². The maximum absolute atomic E-state index is 13.8. The standard InChI is InChI=1S/C15H11ClF4O/c1-8-6-9(15(18,19)20)2-4-11(8)14(21)12-5-3-10(16)7-13(12)17/h2-7,14,21H,1H3. The predicted octanol–water partition coefficient (Wildman–Crippen LogP) is 4.89. The van der Waals surface area contributed by atoms with Crippen LogP contribution in [-0.4, -0.2) is 5.11 Å². The van der Waals surface area contributed by atoms with E-state index < -0.39 is 23.7 Å². The molecule has 2 aromatic carbocycles. The van der Waals surface area contributed by atoms with Crippen LogP contribution >= 0.6 is 11.6 Å². The summed E-state index contributed by atoms with van der Waals surface area (Å²) in [7, 11) is 0. The second-order valence-electron chi connectivity index (χ2n) is 4.64. The summed E-state index contributed by atoms with van der Waals surface area (Å²) < 4.78 is 51.5. The number of hydrogen-bond donors (Lipinski definition) is 1. The maximum atomic E-state index is 13.8. The van der Waals surface area contributed by atoms with Crippen molar-refractivity contribution >= 4 is 11.6 Å². The smallest absolute Gasteiger partial charge is 0.384 e. The minimum absolute atomic E-state index is 0.0396. The van der Waals surface area contributed by atoms with Gasteiger partial charge in [-0.2, -0.15) is 13.2 Å². The number of aliphatic hydroxyl groups is 1. The number of hydrogen-bond acceptors (Lipinski definition) is 1. The molecule has 1 nitrogen and oxygen atoms in total. The second-order valence-corrected chi connectivity index (χ2v) is 5.07. The third-order valence-electron chi connectivity index (χ3n) is 3.15. The first kappa shape index (κ1) is 15.8. The molecule has 0 saturated carbocycles. The molecule has 0 spiro atoms. The number of rotatable bonds is 2. The molecule has 0 aliphatic heterocycles. The largest absolute Gasteiger partial charge is 0.416 e. The fourth-order valence-electron chi connectivity index (χ4n) is 2.05. The Hall–Kier alpha value is -1.59. The topological polar surface area (TPSA) is 20.2 Å². The van der Waals surface area contributed by atoms with Gasteiger partial charge in [0.1, 0.15) is 11.9 Å². The molecule has 0 aliphatic rings. The normalized spacial score (nSPS) is 13.3. The van der Waals surface area contributed by atoms with Crippen LogP contribution in [0.5, 0.6) is 0 Å². The van der Waals surface area contributed by atoms with Crippen molar-refractivity contribution in [2.24, 2.45) is 0 Å². The van der Waals surface area contributed by atoms with Crippen LogP contribution in [0.3, 0.4) is 0 Å². The van der Waals surface area contributed by atoms with E-state index in [2.05, 4.69) is 0 Å². The van der Waals surface area contributed by atoms with Gasteiger partial charge in [-0.1, -0.05) is 23.7 Å². The third kappa shape index (κ3) is 3.36. The van der Waals surface area contributed by atoms with Crippen LogP contribution in [0.4, 0.5) is 17.6 Å². The number of aliphatic hydroxyl groups excluding tert-OH is 1. The Labute approximate surface area is 123 Å². The highest BCUT2D eigenvalue weighted by molar-refractivity contribution is 6.30. The molecule has 0 aliphatic carbocycles. The zero-order chi connectivity index (χ0) is 15.8. The van der Waals surface area contributed by atoms with Crippen molar-refractivity contribution < 1.29 is 22.7 Å². The highest BCUT2D eigenvalue weighted by atomic mass is 35.5. The second kappa shape index (κ2) is 5.66. The summed E-state index contributed by atoms with van der Waals surface area (Å²) >= 11 is 5.62. The van der Waals surface area contributed by atoms with E-state index in [-0.39, 0.29) is 21.7 Å². The summed E-state index contributed by atoms with van der Waals surface area (Å²) in [5.41, 5.74) is -0.411. The molecule has 2 rings (SSSR count). The van der Waals surface area contributed by atoms with E-state index in [0.29, 0.717) is 0 Å². The van der Waals surface area contributed by atoms with E-state index in [1.807, 2.05) is 0 Å². The van der Waals surface area contributed by atoms with Crippen molar-refractivity contribution in [2.45, 2.75) is 19.2 Å². The van der Waals surface area contributed by atoms with Crippen LogP contribution in [0.25, 0.3) is 0 Å². The summed E-state index contributed by atoms with van der Waals surface area (Å²) in [6.07, 6.45) is -5.82. The molecule has 0 heterocycles. The van der Waals surface area contributed by atoms with Crippen LogP contribution in [0.15, 0.2) is 36.4 Å². The predicted molar refractivity (Wildman–Crippen MR) is 71.7 cm³/mol. The average molecular weight is 319 g/mol. The van der Waals surface area contributed by atoms with E-state index in [1.54, 1.807) is 0 Å². The Balaban J connectivity index is 2.42. The first-order valence-electron chi connectivity index (χ1n) is 6.01. The molecule has 1 atom stereocenters. The first-order valence-corrected chi connectivity index (χ1v) is 6.38. The molecule has 1 unspecified atom stereocenters. The summed E-state index contributed by atoms with van der Waals surface area (Å²) in [5.74, 6) is -0.714. The van der Waals surface area contributed by atoms with Gasteiger partial charge in [-0.15, -0.1) is 0 Å². The SMILES string of the molecule is Cc1cc(C(F)(F)F)ccc1C(O)c1ccc(Cl)cc1F. The first-order chi connectivity index (χ1) is 9.70. The molecule has 2 aromatic rings. The van der Waals surface area contributed by atoms with Gasteiger partial charge in [-0.05, 0) is 42.3 Å². The molecule has 6 heteroatoms. The fraction of sp³-hybridized carbons (Fsp3) is 0.200. The maximum Gasteiger partial charge on any atom is 0.416 e. The molecule has 0 amide bonds. The van der Waals surface area contributed by atoms with E-state index in [1.165, 1.54) is 19.1 Å². The van der Waals surface area contributed by atoms with Gasteiger partial charge in [0.05, 0.1) is 5.56 Å². The average Bonchev–Trinajstić information content (AvgIpc) is 2.36. The monoisotopic (exact) mass is 318 g/mol. The van der Waals surface area contributed by atoms with E-state index in [4.69, 9.17) is 11.6 Å².